The van der Waals surface area contributed by atoms with Crippen LogP contribution in [0, 0.1) is 11.3 Å². The van der Waals surface area contributed by atoms with Crippen molar-refractivity contribution >= 4 is 17.5 Å². The predicted molar refractivity (Wildman–Crippen MR) is 107 cm³/mol. The van der Waals surface area contributed by atoms with E-state index in [-0.39, 0.29) is 31.4 Å². The van der Waals surface area contributed by atoms with Gasteiger partial charge in [0.25, 0.3) is 0 Å². The molecule has 1 aromatic carbocycles. The fourth-order valence-corrected chi connectivity index (χ4v) is 3.14. The summed E-state index contributed by atoms with van der Waals surface area (Å²) in [6.07, 6.45) is -1.88. The average Bonchev–Trinajstić information content (AvgIpc) is 3.50. The smallest absolute Gasteiger partial charge is 0.417 e. The number of carbonyl (C=O) groups excluding carboxylic acids is 1. The molecule has 0 spiro atoms. The molecule has 0 saturated heterocycles. The van der Waals surface area contributed by atoms with Gasteiger partial charge in [0.05, 0.1) is 29.4 Å². The molecule has 1 aliphatic carbocycles. The summed E-state index contributed by atoms with van der Waals surface area (Å²) < 4.78 is 44.5. The first kappa shape index (κ1) is 20.6. The number of aromatic nitrogens is 2. The Labute approximate surface area is 177 Å². The van der Waals surface area contributed by atoms with Crippen molar-refractivity contribution in [1.29, 1.82) is 5.26 Å². The maximum atomic E-state index is 12.9. The van der Waals surface area contributed by atoms with E-state index in [1.807, 2.05) is 6.07 Å². The highest BCUT2D eigenvalue weighted by atomic mass is 19.4. The molecule has 1 fully saturated rings. The molecule has 9 heteroatoms. The third kappa shape index (κ3) is 4.43. The van der Waals surface area contributed by atoms with Gasteiger partial charge in [0.1, 0.15) is 11.5 Å². The Morgan fingerprint density at radius 1 is 1.26 bits per heavy atom. The zero-order valence-corrected chi connectivity index (χ0v) is 16.5. The van der Waals surface area contributed by atoms with Crippen LogP contribution in [0.15, 0.2) is 47.0 Å². The number of alkyl halides is 3. The van der Waals surface area contributed by atoms with Crippen LogP contribution in [0.2, 0.25) is 0 Å². The summed E-state index contributed by atoms with van der Waals surface area (Å²) >= 11 is 0. The molecule has 0 radical (unpaired) electrons. The number of anilines is 2. The molecule has 2 heterocycles. The van der Waals surface area contributed by atoms with Crippen molar-refractivity contribution in [2.75, 3.05) is 4.90 Å². The average molecular weight is 428 g/mol. The molecule has 0 bridgehead atoms. The van der Waals surface area contributed by atoms with Crippen LogP contribution < -0.4 is 4.90 Å². The van der Waals surface area contributed by atoms with Gasteiger partial charge in [-0.2, -0.15) is 23.4 Å². The Morgan fingerprint density at radius 2 is 1.97 bits per heavy atom. The Kier molecular flexibility index (Phi) is 5.23. The Hall–Kier alpha value is -3.67. The topological polar surface area (TPSA) is 83.0 Å². The molecule has 0 N–H and O–H groups in total. The zero-order chi connectivity index (χ0) is 22.2. The van der Waals surface area contributed by atoms with E-state index in [1.165, 1.54) is 13.0 Å². The van der Waals surface area contributed by atoms with E-state index < -0.39 is 11.7 Å². The highest BCUT2D eigenvalue weighted by Gasteiger charge is 2.34. The van der Waals surface area contributed by atoms with Gasteiger partial charge in [-0.1, -0.05) is 0 Å². The van der Waals surface area contributed by atoms with Crippen molar-refractivity contribution in [3.05, 3.63) is 70.9 Å². The van der Waals surface area contributed by atoms with E-state index in [9.17, 15) is 18.0 Å². The Morgan fingerprint density at radius 3 is 2.48 bits per heavy atom. The van der Waals surface area contributed by atoms with Gasteiger partial charge in [-0.05, 0) is 49.2 Å². The first-order valence-electron chi connectivity index (χ1n) is 9.57. The summed E-state index contributed by atoms with van der Waals surface area (Å²) in [6.45, 7) is 1.48. The summed E-state index contributed by atoms with van der Waals surface area (Å²) in [6, 6.07) is 11.0. The second kappa shape index (κ2) is 7.87. The van der Waals surface area contributed by atoms with Gasteiger partial charge < -0.3 is 4.42 Å². The van der Waals surface area contributed by atoms with Crippen molar-refractivity contribution in [3.63, 3.8) is 0 Å². The van der Waals surface area contributed by atoms with Crippen LogP contribution in [0.4, 0.5) is 24.9 Å². The molecule has 160 valence electrons. The lowest BCUT2D eigenvalue weighted by atomic mass is 10.2. The van der Waals surface area contributed by atoms with Gasteiger partial charge in [0.15, 0.2) is 5.78 Å². The maximum absolute atomic E-state index is 12.9. The number of oxazole rings is 1. The van der Waals surface area contributed by atoms with Gasteiger partial charge in [-0.25, -0.2) is 0 Å². The number of Topliss-reactive ketones (excluding diaryl/α,β-unsaturated/α-hetero) is 1. The van der Waals surface area contributed by atoms with Crippen molar-refractivity contribution in [1.82, 2.24) is 9.97 Å². The van der Waals surface area contributed by atoms with Crippen molar-refractivity contribution in [3.8, 4) is 6.07 Å². The van der Waals surface area contributed by atoms with E-state index in [0.717, 1.165) is 25.1 Å². The molecule has 1 saturated carbocycles. The lowest BCUT2D eigenvalue weighted by Crippen LogP contribution is -2.18. The van der Waals surface area contributed by atoms with Crippen LogP contribution in [0.1, 0.15) is 60.2 Å². The van der Waals surface area contributed by atoms with E-state index in [1.54, 1.807) is 29.2 Å². The summed E-state index contributed by atoms with van der Waals surface area (Å²) in [7, 11) is 0. The molecule has 0 atom stereocenters. The molecule has 0 unspecified atom stereocenters. The third-order valence-corrected chi connectivity index (χ3v) is 4.93. The number of hydrogen-bond acceptors (Lipinski definition) is 6. The second-order valence-corrected chi connectivity index (χ2v) is 7.32. The molecule has 4 rings (SSSR count). The van der Waals surface area contributed by atoms with E-state index in [2.05, 4.69) is 9.97 Å². The van der Waals surface area contributed by atoms with E-state index in [0.29, 0.717) is 22.7 Å². The minimum absolute atomic E-state index is 0. The molecule has 2 aromatic heterocycles. The summed E-state index contributed by atoms with van der Waals surface area (Å²) in [4.78, 5) is 22.0. The molecule has 31 heavy (non-hydrogen) atoms. The van der Waals surface area contributed by atoms with E-state index >= 15 is 0 Å². The summed E-state index contributed by atoms with van der Waals surface area (Å²) in [5.41, 5.74) is 0.822. The van der Waals surface area contributed by atoms with Gasteiger partial charge in [0.2, 0.25) is 0 Å². The van der Waals surface area contributed by atoms with Crippen LogP contribution in [0.25, 0.3) is 0 Å². The van der Waals surface area contributed by atoms with Crippen LogP contribution in [0.5, 0.6) is 0 Å². The van der Waals surface area contributed by atoms with Crippen molar-refractivity contribution < 1.29 is 23.8 Å². The fraction of sp³-hybridized carbons (Fsp3) is 0.273. The molecule has 0 amide bonds. The standard InChI is InChI=1S/C22H17F3N4O2.H2/c1-13(30)19-20(15-4-5-15)31-21(28-19)29(18-8-2-14(10-26)3-9-18)12-17-7-6-16(11-27-17)22(23,24)25;/h2-3,6-9,11,15H,4-5,12H2,1H3;1H. The fourth-order valence-electron chi connectivity index (χ4n) is 3.14. The quantitative estimate of drug-likeness (QED) is 0.474. The number of pyridine rings is 1. The first-order chi connectivity index (χ1) is 14.8. The Bertz CT molecular complexity index is 1150. The highest BCUT2D eigenvalue weighted by Crippen LogP contribution is 2.44. The monoisotopic (exact) mass is 428 g/mol. The second-order valence-electron chi connectivity index (χ2n) is 7.32. The molecular weight excluding hydrogens is 409 g/mol. The first-order valence-corrected chi connectivity index (χ1v) is 9.57. The number of rotatable bonds is 6. The van der Waals surface area contributed by atoms with Crippen LogP contribution in [-0.4, -0.2) is 15.8 Å². The predicted octanol–water partition coefficient (Wildman–Crippen LogP) is 5.62. The molecule has 1 aliphatic rings. The largest absolute Gasteiger partial charge is 0.427 e. The van der Waals surface area contributed by atoms with Crippen LogP contribution in [0.3, 0.4) is 0 Å². The molecule has 6 nitrogen and oxygen atoms in total. The lowest BCUT2D eigenvalue weighted by molar-refractivity contribution is -0.137. The Balaban J connectivity index is 0.00000289. The molecule has 0 aliphatic heterocycles. The SMILES string of the molecule is CC(=O)c1nc(N(Cc2ccc(C(F)(F)F)cn2)c2ccc(C#N)cc2)oc1C1CC1.[HH]. The molecule has 3 aromatic rings. The number of nitriles is 1. The van der Waals surface area contributed by atoms with Gasteiger partial charge in [0, 0.05) is 26.2 Å². The van der Waals surface area contributed by atoms with Gasteiger partial charge in [-0.3, -0.25) is 14.7 Å². The third-order valence-electron chi connectivity index (χ3n) is 4.93. The number of nitrogens with zero attached hydrogens (tertiary/aromatic N) is 4. The summed E-state index contributed by atoms with van der Waals surface area (Å²) in [5.74, 6) is 0.456. The number of benzene rings is 1. The minimum atomic E-state index is -4.48. The number of halogens is 3. The van der Waals surface area contributed by atoms with Gasteiger partial charge in [-0.15, -0.1) is 0 Å². The molecular formula is C22H19F3N4O2. The minimum Gasteiger partial charge on any atom is -0.427 e. The van der Waals surface area contributed by atoms with Crippen molar-refractivity contribution in [2.24, 2.45) is 0 Å². The number of carbonyl (C=O) groups is 1. The van der Waals surface area contributed by atoms with Gasteiger partial charge >= 0.3 is 12.2 Å². The van der Waals surface area contributed by atoms with Crippen LogP contribution >= 0.6 is 0 Å². The normalized spacial score (nSPS) is 13.6. The van der Waals surface area contributed by atoms with Crippen LogP contribution in [-0.2, 0) is 12.7 Å². The zero-order valence-electron chi connectivity index (χ0n) is 16.5. The highest BCUT2D eigenvalue weighted by molar-refractivity contribution is 5.93. The summed E-state index contributed by atoms with van der Waals surface area (Å²) in [5, 5.41) is 9.05. The van der Waals surface area contributed by atoms with Crippen molar-refractivity contribution in [2.45, 2.75) is 38.4 Å². The maximum Gasteiger partial charge on any atom is 0.417 e. The van der Waals surface area contributed by atoms with E-state index in [4.69, 9.17) is 9.68 Å². The number of hydrogen-bond donors (Lipinski definition) is 0. The number of ketones is 1. The lowest BCUT2D eigenvalue weighted by Gasteiger charge is -2.20.